The van der Waals surface area contributed by atoms with Crippen LogP contribution in [-0.4, -0.2) is 37.6 Å². The molecule has 7 heteroatoms. The first-order valence-corrected chi connectivity index (χ1v) is 9.51. The number of aryl methyl sites for hydroxylation is 1. The highest BCUT2D eigenvalue weighted by Crippen LogP contribution is 2.26. The van der Waals surface area contributed by atoms with E-state index in [1.807, 2.05) is 31.5 Å². The van der Waals surface area contributed by atoms with Crippen molar-refractivity contribution in [3.05, 3.63) is 6.33 Å². The van der Waals surface area contributed by atoms with E-state index in [1.165, 1.54) is 0 Å². The van der Waals surface area contributed by atoms with Gasteiger partial charge in [-0.3, -0.25) is 0 Å². The van der Waals surface area contributed by atoms with Gasteiger partial charge in [0.25, 0.3) is 0 Å². The third-order valence-corrected chi connectivity index (χ3v) is 4.81. The standard InChI is InChI=1S/C11H20BN5Si/c1-16-6-14-8-9(16)7(13)11(18(3,4)5)15-10(8)17(2)12/h6H,12-13H2,1-5H3. The van der Waals surface area contributed by atoms with Gasteiger partial charge in [-0.25, -0.2) is 9.97 Å². The zero-order valence-electron chi connectivity index (χ0n) is 11.9. The Kier molecular flexibility index (Phi) is 2.89. The molecular weight excluding hydrogens is 241 g/mol. The molecule has 96 valence electrons. The Bertz CT molecular complexity index is 599. The number of pyridine rings is 1. The first-order chi connectivity index (χ1) is 8.23. The minimum absolute atomic E-state index is 0.787. The quantitative estimate of drug-likeness (QED) is 0.778. The van der Waals surface area contributed by atoms with E-state index in [4.69, 9.17) is 10.7 Å². The summed E-state index contributed by atoms with van der Waals surface area (Å²) >= 11 is 0. The normalized spacial score (nSPS) is 12.1. The Morgan fingerprint density at radius 1 is 1.39 bits per heavy atom. The molecule has 2 N–H and O–H groups in total. The van der Waals surface area contributed by atoms with Gasteiger partial charge in [0, 0.05) is 7.05 Å². The molecule has 0 spiro atoms. The number of hydrogen-bond acceptors (Lipinski definition) is 4. The van der Waals surface area contributed by atoms with Gasteiger partial charge < -0.3 is 15.1 Å². The van der Waals surface area contributed by atoms with Crippen LogP contribution >= 0.6 is 0 Å². The van der Waals surface area contributed by atoms with E-state index in [1.54, 1.807) is 6.33 Å². The van der Waals surface area contributed by atoms with Crippen LogP contribution in [-0.2, 0) is 7.05 Å². The van der Waals surface area contributed by atoms with E-state index in [0.717, 1.165) is 27.9 Å². The zero-order valence-corrected chi connectivity index (χ0v) is 12.9. The van der Waals surface area contributed by atoms with Crippen molar-refractivity contribution < 1.29 is 0 Å². The molecule has 0 aliphatic carbocycles. The van der Waals surface area contributed by atoms with Crippen LogP contribution in [0.5, 0.6) is 0 Å². The number of imidazole rings is 1. The smallest absolute Gasteiger partial charge is 0.219 e. The van der Waals surface area contributed by atoms with Crippen molar-refractivity contribution in [2.45, 2.75) is 19.6 Å². The fraction of sp³-hybridized carbons (Fsp3) is 0.455. The minimum Gasteiger partial charge on any atom is -0.408 e. The number of fused-ring (bicyclic) bond motifs is 1. The highest BCUT2D eigenvalue weighted by atomic mass is 28.3. The van der Waals surface area contributed by atoms with Crippen LogP contribution in [0, 0.1) is 0 Å². The van der Waals surface area contributed by atoms with E-state index in [2.05, 4.69) is 24.6 Å². The van der Waals surface area contributed by atoms with Crippen LogP contribution in [0.3, 0.4) is 0 Å². The summed E-state index contributed by atoms with van der Waals surface area (Å²) in [4.78, 5) is 11.2. The zero-order chi connectivity index (χ0) is 13.7. The largest absolute Gasteiger partial charge is 0.408 e. The first-order valence-electron chi connectivity index (χ1n) is 6.01. The molecule has 0 atom stereocenters. The lowest BCUT2D eigenvalue weighted by atomic mass is 10.2. The molecule has 0 saturated carbocycles. The average molecular weight is 261 g/mol. The van der Waals surface area contributed by atoms with E-state index in [9.17, 15) is 0 Å². The van der Waals surface area contributed by atoms with Gasteiger partial charge >= 0.3 is 0 Å². The number of nitrogen functional groups attached to an aromatic ring is 1. The third kappa shape index (κ3) is 1.88. The van der Waals surface area contributed by atoms with E-state index < -0.39 is 8.07 Å². The Morgan fingerprint density at radius 3 is 2.50 bits per heavy atom. The van der Waals surface area contributed by atoms with Crippen molar-refractivity contribution in [3.8, 4) is 0 Å². The monoisotopic (exact) mass is 261 g/mol. The van der Waals surface area contributed by atoms with Crippen LogP contribution in [0.25, 0.3) is 11.0 Å². The lowest BCUT2D eigenvalue weighted by molar-refractivity contribution is 0.949. The van der Waals surface area contributed by atoms with Crippen LogP contribution in [0.1, 0.15) is 0 Å². The molecule has 2 aromatic heterocycles. The van der Waals surface area contributed by atoms with Crippen LogP contribution in [0.2, 0.25) is 19.6 Å². The number of nitrogens with zero attached hydrogens (tertiary/aromatic N) is 4. The van der Waals surface area contributed by atoms with Crippen molar-refractivity contribution in [2.75, 3.05) is 17.6 Å². The number of aromatic nitrogens is 3. The summed E-state index contributed by atoms with van der Waals surface area (Å²) in [6.07, 6.45) is 1.80. The van der Waals surface area contributed by atoms with Crippen LogP contribution < -0.4 is 15.9 Å². The lowest BCUT2D eigenvalue weighted by Gasteiger charge is -2.22. The fourth-order valence-corrected chi connectivity index (χ4v) is 3.49. The van der Waals surface area contributed by atoms with Gasteiger partial charge in [-0.05, 0) is 7.05 Å². The molecule has 0 aliphatic rings. The average Bonchev–Trinajstić information content (AvgIpc) is 2.59. The van der Waals surface area contributed by atoms with E-state index in [0.29, 0.717) is 0 Å². The molecule has 0 unspecified atom stereocenters. The van der Waals surface area contributed by atoms with E-state index >= 15 is 0 Å². The number of nitrogens with two attached hydrogens (primary N) is 1. The van der Waals surface area contributed by atoms with Gasteiger partial charge in [0.05, 0.1) is 22.8 Å². The van der Waals surface area contributed by atoms with Gasteiger partial charge in [0.1, 0.15) is 19.4 Å². The van der Waals surface area contributed by atoms with Crippen molar-refractivity contribution >= 4 is 43.9 Å². The van der Waals surface area contributed by atoms with Crippen LogP contribution in [0.4, 0.5) is 11.5 Å². The summed E-state index contributed by atoms with van der Waals surface area (Å²) in [7, 11) is 4.37. The van der Waals surface area contributed by atoms with E-state index in [-0.39, 0.29) is 0 Å². The molecule has 2 heterocycles. The number of rotatable bonds is 2. The minimum atomic E-state index is -1.57. The molecule has 0 fully saturated rings. The van der Waals surface area contributed by atoms with Gasteiger partial charge in [-0.2, -0.15) is 0 Å². The molecule has 2 rings (SSSR count). The van der Waals surface area contributed by atoms with Crippen molar-refractivity contribution in [1.82, 2.24) is 14.5 Å². The summed E-state index contributed by atoms with van der Waals surface area (Å²) in [6, 6.07) is 0. The van der Waals surface area contributed by atoms with Gasteiger partial charge in [-0.15, -0.1) is 0 Å². The summed E-state index contributed by atoms with van der Waals surface area (Å²) in [5.41, 5.74) is 8.97. The SMILES string of the molecule is BN(C)c1nc([Si](C)(C)C)c(N)c2c1ncn2C. The highest BCUT2D eigenvalue weighted by Gasteiger charge is 2.26. The summed E-state index contributed by atoms with van der Waals surface area (Å²) in [5.74, 6) is 0.900. The number of anilines is 2. The summed E-state index contributed by atoms with van der Waals surface area (Å²) in [5, 5.41) is 1.06. The highest BCUT2D eigenvalue weighted by molar-refractivity contribution is 6.89. The molecule has 0 aliphatic heterocycles. The molecule has 0 amide bonds. The van der Waals surface area contributed by atoms with Crippen molar-refractivity contribution in [1.29, 1.82) is 0 Å². The molecule has 0 saturated heterocycles. The molecule has 0 radical (unpaired) electrons. The second-order valence-electron chi connectivity index (χ2n) is 5.89. The Balaban J connectivity index is 2.90. The first kappa shape index (κ1) is 12.9. The van der Waals surface area contributed by atoms with Crippen molar-refractivity contribution in [2.24, 2.45) is 7.05 Å². The maximum Gasteiger partial charge on any atom is 0.219 e. The molecule has 2 aromatic rings. The summed E-state index contributed by atoms with van der Waals surface area (Å²) < 4.78 is 1.98. The molecule has 0 bridgehead atoms. The topological polar surface area (TPSA) is 60.0 Å². The second-order valence-corrected chi connectivity index (χ2v) is 10.9. The molecule has 5 nitrogen and oxygen atoms in total. The lowest BCUT2D eigenvalue weighted by Crippen LogP contribution is -2.42. The predicted octanol–water partition coefficient (Wildman–Crippen LogP) is 0.0800. The predicted molar refractivity (Wildman–Crippen MR) is 82.8 cm³/mol. The Morgan fingerprint density at radius 2 is 2.00 bits per heavy atom. The van der Waals surface area contributed by atoms with Gasteiger partial charge in [-0.1, -0.05) is 19.6 Å². The van der Waals surface area contributed by atoms with Crippen LogP contribution in [0.15, 0.2) is 6.33 Å². The molecular formula is C11H20BN5Si. The maximum absolute atomic E-state index is 6.31. The summed E-state index contributed by atoms with van der Waals surface area (Å²) in [6.45, 7) is 6.77. The maximum atomic E-state index is 6.31. The van der Waals surface area contributed by atoms with Gasteiger partial charge in [0.2, 0.25) is 7.98 Å². The Hall–Kier alpha value is -1.50. The third-order valence-electron chi connectivity index (χ3n) is 3.01. The second kappa shape index (κ2) is 4.01. The number of hydrogen-bond donors (Lipinski definition) is 1. The Labute approximate surface area is 109 Å². The van der Waals surface area contributed by atoms with Gasteiger partial charge in [0.15, 0.2) is 0 Å². The molecule has 0 aromatic carbocycles. The molecule has 18 heavy (non-hydrogen) atoms. The fourth-order valence-electron chi connectivity index (χ4n) is 2.13. The van der Waals surface area contributed by atoms with Crippen molar-refractivity contribution in [3.63, 3.8) is 0 Å².